The molecular formula is C26H30N6O. The molecule has 1 aromatic carbocycles. The lowest BCUT2D eigenvalue weighted by molar-refractivity contribution is 0.0925. The molecule has 0 saturated carbocycles. The van der Waals surface area contributed by atoms with Crippen molar-refractivity contribution in [2.45, 2.75) is 38.3 Å². The van der Waals surface area contributed by atoms with E-state index in [0.29, 0.717) is 11.6 Å². The van der Waals surface area contributed by atoms with Gasteiger partial charge in [-0.05, 0) is 35.2 Å². The first kappa shape index (κ1) is 21.4. The smallest absolute Gasteiger partial charge is 0.269 e. The van der Waals surface area contributed by atoms with Gasteiger partial charge in [0.25, 0.3) is 5.91 Å². The number of pyridine rings is 1. The molecule has 170 valence electrons. The molecule has 1 aliphatic rings. The van der Waals surface area contributed by atoms with E-state index >= 15 is 0 Å². The Morgan fingerprint density at radius 3 is 2.67 bits per heavy atom. The molecule has 33 heavy (non-hydrogen) atoms. The van der Waals surface area contributed by atoms with Gasteiger partial charge in [0.1, 0.15) is 11.3 Å². The van der Waals surface area contributed by atoms with Gasteiger partial charge in [-0.15, -0.1) is 0 Å². The number of H-pyrrole nitrogens is 1. The molecule has 3 aromatic heterocycles. The number of hydrogen-bond acceptors (Lipinski definition) is 4. The quantitative estimate of drug-likeness (QED) is 0.476. The molecule has 0 spiro atoms. The highest BCUT2D eigenvalue weighted by molar-refractivity contribution is 5.93. The third-order valence-corrected chi connectivity index (χ3v) is 6.60. The molecule has 7 heteroatoms. The van der Waals surface area contributed by atoms with Crippen molar-refractivity contribution in [3.63, 3.8) is 0 Å². The lowest BCUT2D eigenvalue weighted by atomic mass is 9.89. The maximum absolute atomic E-state index is 13.1. The van der Waals surface area contributed by atoms with Crippen molar-refractivity contribution < 1.29 is 4.79 Å². The van der Waals surface area contributed by atoms with Crippen molar-refractivity contribution in [2.24, 2.45) is 7.05 Å². The molecule has 0 unspecified atom stereocenters. The van der Waals surface area contributed by atoms with Crippen molar-refractivity contribution in [1.29, 1.82) is 0 Å². The number of nitrogens with one attached hydrogen (secondary N) is 2. The molecule has 7 nitrogen and oxygen atoms in total. The van der Waals surface area contributed by atoms with Gasteiger partial charge in [0.15, 0.2) is 0 Å². The Morgan fingerprint density at radius 2 is 1.94 bits per heavy atom. The van der Waals surface area contributed by atoms with E-state index in [9.17, 15) is 4.79 Å². The number of aromatic nitrogens is 4. The molecule has 0 bridgehead atoms. The van der Waals surface area contributed by atoms with Gasteiger partial charge in [-0.1, -0.05) is 44.2 Å². The topological polar surface area (TPSA) is 78.8 Å². The van der Waals surface area contributed by atoms with Crippen LogP contribution in [0.2, 0.25) is 0 Å². The summed E-state index contributed by atoms with van der Waals surface area (Å²) in [6.45, 7) is 6.91. The van der Waals surface area contributed by atoms with Crippen LogP contribution in [0.25, 0.3) is 11.0 Å². The maximum Gasteiger partial charge on any atom is 0.269 e. The van der Waals surface area contributed by atoms with Gasteiger partial charge in [-0.2, -0.15) is 5.10 Å². The van der Waals surface area contributed by atoms with Crippen LogP contribution < -0.4 is 5.32 Å². The molecule has 5 rings (SSSR count). The zero-order valence-electron chi connectivity index (χ0n) is 19.3. The largest absolute Gasteiger partial charge is 0.346 e. The molecule has 1 saturated heterocycles. The second kappa shape index (κ2) is 8.83. The first-order valence-electron chi connectivity index (χ1n) is 11.5. The number of carbonyl (C=O) groups is 1. The van der Waals surface area contributed by atoms with Crippen molar-refractivity contribution in [3.05, 3.63) is 83.4 Å². The Hall–Kier alpha value is -3.45. The summed E-state index contributed by atoms with van der Waals surface area (Å²) >= 11 is 0. The molecule has 0 aliphatic carbocycles. The first-order valence-corrected chi connectivity index (χ1v) is 11.5. The van der Waals surface area contributed by atoms with Gasteiger partial charge in [0, 0.05) is 56.1 Å². The number of nitrogens with zero attached hydrogens (tertiary/aromatic N) is 4. The van der Waals surface area contributed by atoms with Crippen LogP contribution in [0.5, 0.6) is 0 Å². The van der Waals surface area contributed by atoms with Gasteiger partial charge in [0.05, 0.1) is 6.04 Å². The Balaban J connectivity index is 1.51. The molecule has 1 amide bonds. The van der Waals surface area contributed by atoms with Crippen molar-refractivity contribution >= 4 is 16.9 Å². The van der Waals surface area contributed by atoms with E-state index in [0.717, 1.165) is 30.7 Å². The summed E-state index contributed by atoms with van der Waals surface area (Å²) in [6.07, 6.45) is 3.48. The van der Waals surface area contributed by atoms with Gasteiger partial charge in [-0.25, -0.2) is 4.98 Å². The number of fused-ring (bicyclic) bond motifs is 1. The average Bonchev–Trinajstić information content (AvgIpc) is 3.51. The number of aromatic amines is 1. The minimum atomic E-state index is -0.0874. The van der Waals surface area contributed by atoms with E-state index in [4.69, 9.17) is 0 Å². The second-order valence-corrected chi connectivity index (χ2v) is 9.21. The number of rotatable bonds is 6. The Bertz CT molecular complexity index is 1260. The van der Waals surface area contributed by atoms with E-state index in [1.54, 1.807) is 24.0 Å². The van der Waals surface area contributed by atoms with Crippen LogP contribution in [0.15, 0.2) is 60.9 Å². The fourth-order valence-corrected chi connectivity index (χ4v) is 5.05. The van der Waals surface area contributed by atoms with Crippen molar-refractivity contribution in [3.8, 4) is 0 Å². The molecule has 0 radical (unpaired) electrons. The molecule has 1 fully saturated rings. The van der Waals surface area contributed by atoms with Crippen molar-refractivity contribution in [1.82, 2.24) is 30.0 Å². The lowest BCUT2D eigenvalue weighted by Gasteiger charge is -2.22. The number of likely N-dealkylation sites (tertiary alicyclic amines) is 1. The maximum atomic E-state index is 13.1. The van der Waals surface area contributed by atoms with Crippen LogP contribution in [0.4, 0.5) is 0 Å². The average molecular weight is 443 g/mol. The fourth-order valence-electron chi connectivity index (χ4n) is 5.05. The van der Waals surface area contributed by atoms with Gasteiger partial charge in [0.2, 0.25) is 0 Å². The van der Waals surface area contributed by atoms with Gasteiger partial charge >= 0.3 is 0 Å². The Kier molecular flexibility index (Phi) is 5.72. The fraction of sp³-hybridized carbons (Fsp3) is 0.346. The molecule has 1 aliphatic heterocycles. The van der Waals surface area contributed by atoms with Crippen LogP contribution >= 0.6 is 0 Å². The third-order valence-electron chi connectivity index (χ3n) is 6.60. The molecule has 4 aromatic rings. The summed E-state index contributed by atoms with van der Waals surface area (Å²) in [5.74, 6) is 0.391. The predicted octanol–water partition coefficient (Wildman–Crippen LogP) is 3.82. The summed E-state index contributed by atoms with van der Waals surface area (Å²) in [5.41, 5.74) is 5.24. The van der Waals surface area contributed by atoms with E-state index < -0.39 is 0 Å². The number of amides is 1. The standard InChI is InChI=1S/C26H30N6O/c1-17(2)24-23(19-10-7-12-27-25(19)30-24)20-15-32(14-18-8-5-4-6-9-18)16-21(20)29-26(33)22-11-13-28-31(22)3/h4-13,17,20-21H,14-16H2,1-3H3,(H,27,30)(H,29,33)/t20-,21-/m1/s1. The SMILES string of the molecule is CC(C)c1[nH]c2ncccc2c1[C@@H]1CN(Cc2ccccc2)C[C@H]1NC(=O)c1ccnn1C. The normalized spacial score (nSPS) is 18.9. The summed E-state index contributed by atoms with van der Waals surface area (Å²) in [6, 6.07) is 16.4. The van der Waals surface area contributed by atoms with E-state index in [1.807, 2.05) is 18.3 Å². The van der Waals surface area contributed by atoms with Gasteiger partial charge < -0.3 is 10.3 Å². The minimum absolute atomic E-state index is 0.0205. The highest BCUT2D eigenvalue weighted by Crippen LogP contribution is 2.38. The lowest BCUT2D eigenvalue weighted by Crippen LogP contribution is -2.40. The predicted molar refractivity (Wildman–Crippen MR) is 129 cm³/mol. The van der Waals surface area contributed by atoms with E-state index in [2.05, 4.69) is 69.5 Å². The Morgan fingerprint density at radius 1 is 1.12 bits per heavy atom. The summed E-state index contributed by atoms with van der Waals surface area (Å²) in [4.78, 5) is 23.7. The van der Waals surface area contributed by atoms with Crippen LogP contribution in [0, 0.1) is 0 Å². The van der Waals surface area contributed by atoms with Crippen molar-refractivity contribution in [2.75, 3.05) is 13.1 Å². The monoisotopic (exact) mass is 442 g/mol. The van der Waals surface area contributed by atoms with Gasteiger partial charge in [-0.3, -0.25) is 14.4 Å². The summed E-state index contributed by atoms with van der Waals surface area (Å²) < 4.78 is 1.62. The number of aryl methyl sites for hydroxylation is 1. The zero-order chi connectivity index (χ0) is 22.9. The highest BCUT2D eigenvalue weighted by Gasteiger charge is 2.38. The zero-order valence-corrected chi connectivity index (χ0v) is 19.3. The second-order valence-electron chi connectivity index (χ2n) is 9.21. The third kappa shape index (κ3) is 4.16. The number of hydrogen-bond donors (Lipinski definition) is 2. The minimum Gasteiger partial charge on any atom is -0.346 e. The number of benzene rings is 1. The Labute approximate surface area is 193 Å². The summed E-state index contributed by atoms with van der Waals surface area (Å²) in [7, 11) is 1.80. The number of carbonyl (C=O) groups excluding carboxylic acids is 1. The van der Waals surface area contributed by atoms with E-state index in [1.165, 1.54) is 16.8 Å². The van der Waals surface area contributed by atoms with E-state index in [-0.39, 0.29) is 17.9 Å². The molecular weight excluding hydrogens is 412 g/mol. The summed E-state index contributed by atoms with van der Waals surface area (Å²) in [5, 5.41) is 8.64. The van der Waals surface area contributed by atoms with Crippen LogP contribution in [-0.4, -0.2) is 49.7 Å². The highest BCUT2D eigenvalue weighted by atomic mass is 16.2. The van der Waals surface area contributed by atoms with Crippen LogP contribution in [0.1, 0.15) is 53.0 Å². The first-order chi connectivity index (χ1) is 16.0. The molecule has 2 N–H and O–H groups in total. The molecule has 4 heterocycles. The van der Waals surface area contributed by atoms with Crippen LogP contribution in [-0.2, 0) is 13.6 Å². The molecule has 2 atom stereocenters. The van der Waals surface area contributed by atoms with Crippen LogP contribution in [0.3, 0.4) is 0 Å².